The highest BCUT2D eigenvalue weighted by molar-refractivity contribution is 5.85. The van der Waals surface area contributed by atoms with E-state index in [1.807, 2.05) is 44.3 Å². The van der Waals surface area contributed by atoms with Gasteiger partial charge in [-0.2, -0.15) is 9.67 Å². The van der Waals surface area contributed by atoms with Crippen LogP contribution in [0.1, 0.15) is 38.0 Å². The number of hydrogen-bond donors (Lipinski definition) is 2. The summed E-state index contributed by atoms with van der Waals surface area (Å²) >= 11 is 0. The Balaban J connectivity index is 0.00000243. The van der Waals surface area contributed by atoms with Crippen molar-refractivity contribution in [3.63, 3.8) is 0 Å². The Labute approximate surface area is 158 Å². The van der Waals surface area contributed by atoms with Gasteiger partial charge in [-0.15, -0.1) is 12.4 Å². The van der Waals surface area contributed by atoms with E-state index < -0.39 is 0 Å². The molecule has 2 N–H and O–H groups in total. The molecule has 3 aromatic rings. The number of aromatic nitrogens is 6. The average molecular weight is 379 g/mol. The van der Waals surface area contributed by atoms with Gasteiger partial charge in [-0.3, -0.25) is 0 Å². The highest BCUT2D eigenvalue weighted by atomic mass is 35.5. The van der Waals surface area contributed by atoms with Crippen molar-refractivity contribution in [1.82, 2.24) is 35.7 Å². The number of para-hydroxylation sites is 1. The lowest BCUT2D eigenvalue weighted by molar-refractivity contribution is 0.353. The summed E-state index contributed by atoms with van der Waals surface area (Å²) in [5.74, 6) is 1.74. The first-order valence-electron chi connectivity index (χ1n) is 8.31. The number of nitrogens with zero attached hydrogens (tertiary/aromatic N) is 6. The summed E-state index contributed by atoms with van der Waals surface area (Å²) in [4.78, 5) is 4.49. The lowest BCUT2D eigenvalue weighted by atomic mass is 10.2. The molecule has 10 heteroatoms. The van der Waals surface area contributed by atoms with Crippen molar-refractivity contribution in [1.29, 1.82) is 0 Å². The Bertz CT molecular complexity index is 790. The van der Waals surface area contributed by atoms with E-state index in [4.69, 9.17) is 4.52 Å². The highest BCUT2D eigenvalue weighted by Gasteiger charge is 2.21. The van der Waals surface area contributed by atoms with E-state index in [0.717, 1.165) is 12.1 Å². The molecule has 0 spiro atoms. The van der Waals surface area contributed by atoms with Gasteiger partial charge in [0.05, 0.1) is 5.69 Å². The van der Waals surface area contributed by atoms with E-state index in [1.54, 1.807) is 4.68 Å². The van der Waals surface area contributed by atoms with Crippen LogP contribution in [0.2, 0.25) is 0 Å². The van der Waals surface area contributed by atoms with Crippen molar-refractivity contribution < 1.29 is 4.52 Å². The molecular weight excluding hydrogens is 356 g/mol. The number of hydrogen-bond acceptors (Lipinski definition) is 8. The predicted octanol–water partition coefficient (Wildman–Crippen LogP) is 2.18. The van der Waals surface area contributed by atoms with E-state index in [2.05, 4.69) is 43.2 Å². The summed E-state index contributed by atoms with van der Waals surface area (Å²) in [6, 6.07) is 9.81. The molecule has 0 bridgehead atoms. The minimum atomic E-state index is -0.167. The number of tetrazole rings is 1. The lowest BCUT2D eigenvalue weighted by Crippen LogP contribution is -2.24. The molecule has 26 heavy (non-hydrogen) atoms. The van der Waals surface area contributed by atoms with E-state index >= 15 is 0 Å². The third-order valence-corrected chi connectivity index (χ3v) is 3.95. The number of anilines is 1. The summed E-state index contributed by atoms with van der Waals surface area (Å²) in [5, 5.41) is 22.4. The van der Waals surface area contributed by atoms with Gasteiger partial charge in [0.15, 0.2) is 5.82 Å². The highest BCUT2D eigenvalue weighted by Crippen LogP contribution is 2.21. The maximum absolute atomic E-state index is 5.43. The smallest absolute Gasteiger partial charge is 0.249 e. The average Bonchev–Trinajstić information content (AvgIpc) is 3.29. The monoisotopic (exact) mass is 378 g/mol. The molecule has 0 radical (unpaired) electrons. The maximum Gasteiger partial charge on any atom is 0.249 e. The van der Waals surface area contributed by atoms with Crippen molar-refractivity contribution >= 4 is 18.4 Å². The Morgan fingerprint density at radius 1 is 1.23 bits per heavy atom. The summed E-state index contributed by atoms with van der Waals surface area (Å²) in [6.07, 6.45) is 1.46. The quantitative estimate of drug-likeness (QED) is 0.614. The molecule has 0 aliphatic heterocycles. The van der Waals surface area contributed by atoms with Gasteiger partial charge in [0.1, 0.15) is 6.04 Å². The predicted molar refractivity (Wildman–Crippen MR) is 99.6 cm³/mol. The van der Waals surface area contributed by atoms with E-state index in [1.165, 1.54) is 0 Å². The second kappa shape index (κ2) is 9.25. The molecule has 0 amide bonds. The topological polar surface area (TPSA) is 107 Å². The Hall–Kier alpha value is -2.52. The third kappa shape index (κ3) is 4.55. The van der Waals surface area contributed by atoms with Crippen LogP contribution in [0.25, 0.3) is 5.69 Å². The van der Waals surface area contributed by atoms with Crippen LogP contribution in [0.15, 0.2) is 34.9 Å². The molecule has 0 saturated heterocycles. The van der Waals surface area contributed by atoms with E-state index in [9.17, 15) is 0 Å². The summed E-state index contributed by atoms with van der Waals surface area (Å²) in [5.41, 5.74) is 0.874. The van der Waals surface area contributed by atoms with Crippen LogP contribution in [0.3, 0.4) is 0 Å². The molecule has 2 heterocycles. The standard InChI is InChI=1S/C16H22N8O.ClH/c1-4-13(15-19-14(21-25-15)10-11(2)17-3)18-16-20-22-23-24(16)12-8-6-5-7-9-12;/h5-9,11,13,17H,4,10H2,1-3H3,(H,18,20,23);1H. The molecular formula is C16H23ClN8O. The van der Waals surface area contributed by atoms with Gasteiger partial charge in [0.2, 0.25) is 11.8 Å². The molecule has 2 unspecified atom stereocenters. The molecule has 2 aromatic heterocycles. The molecule has 3 rings (SSSR count). The summed E-state index contributed by atoms with van der Waals surface area (Å²) < 4.78 is 7.07. The van der Waals surface area contributed by atoms with Crippen molar-refractivity contribution in [3.8, 4) is 5.69 Å². The summed E-state index contributed by atoms with van der Waals surface area (Å²) in [6.45, 7) is 4.11. The van der Waals surface area contributed by atoms with E-state index in [0.29, 0.717) is 24.1 Å². The zero-order valence-corrected chi connectivity index (χ0v) is 15.8. The molecule has 0 aliphatic rings. The fourth-order valence-corrected chi connectivity index (χ4v) is 2.38. The largest absolute Gasteiger partial charge is 0.341 e. The maximum atomic E-state index is 5.43. The van der Waals surface area contributed by atoms with Gasteiger partial charge in [-0.1, -0.05) is 35.4 Å². The Morgan fingerprint density at radius 3 is 2.69 bits per heavy atom. The minimum Gasteiger partial charge on any atom is -0.341 e. The third-order valence-electron chi connectivity index (χ3n) is 3.95. The van der Waals surface area contributed by atoms with Crippen molar-refractivity contribution in [2.45, 2.75) is 38.8 Å². The molecule has 0 aliphatic carbocycles. The first-order chi connectivity index (χ1) is 12.2. The van der Waals surface area contributed by atoms with E-state index in [-0.39, 0.29) is 24.5 Å². The Morgan fingerprint density at radius 2 is 2.00 bits per heavy atom. The van der Waals surface area contributed by atoms with Gasteiger partial charge < -0.3 is 15.2 Å². The second-order valence-corrected chi connectivity index (χ2v) is 5.80. The molecule has 140 valence electrons. The van der Waals surface area contributed by atoms with Gasteiger partial charge in [-0.05, 0) is 43.0 Å². The zero-order valence-electron chi connectivity index (χ0n) is 15.0. The Kier molecular flexibility index (Phi) is 7.05. The van der Waals surface area contributed by atoms with Crippen molar-refractivity contribution in [2.24, 2.45) is 0 Å². The van der Waals surface area contributed by atoms with Gasteiger partial charge in [-0.25, -0.2) is 0 Å². The SMILES string of the molecule is CCC(Nc1nnnn1-c1ccccc1)c1nc(CC(C)NC)no1.Cl. The molecule has 0 fully saturated rings. The summed E-state index contributed by atoms with van der Waals surface area (Å²) in [7, 11) is 1.91. The number of rotatable bonds is 8. The molecule has 0 saturated carbocycles. The number of likely N-dealkylation sites (N-methyl/N-ethyl adjacent to an activating group) is 1. The van der Waals surface area contributed by atoms with Crippen molar-refractivity contribution in [2.75, 3.05) is 12.4 Å². The molecule has 9 nitrogen and oxygen atoms in total. The number of halogens is 1. The molecule has 2 atom stereocenters. The normalized spacial score (nSPS) is 13.0. The van der Waals surface area contributed by atoms with Crippen LogP contribution >= 0.6 is 12.4 Å². The number of nitrogens with one attached hydrogen (secondary N) is 2. The van der Waals surface area contributed by atoms with Crippen molar-refractivity contribution in [3.05, 3.63) is 42.0 Å². The van der Waals surface area contributed by atoms with Crippen LogP contribution in [0, 0.1) is 0 Å². The van der Waals surface area contributed by atoms with Gasteiger partial charge >= 0.3 is 0 Å². The van der Waals surface area contributed by atoms with Crippen LogP contribution < -0.4 is 10.6 Å². The van der Waals surface area contributed by atoms with Crippen LogP contribution in [0.5, 0.6) is 0 Å². The lowest BCUT2D eigenvalue weighted by Gasteiger charge is -2.13. The van der Waals surface area contributed by atoms with Gasteiger partial charge in [0, 0.05) is 12.5 Å². The van der Waals surface area contributed by atoms with Gasteiger partial charge in [0.25, 0.3) is 0 Å². The molecule has 1 aromatic carbocycles. The first-order valence-corrected chi connectivity index (χ1v) is 8.31. The van der Waals surface area contributed by atoms with Crippen LogP contribution in [-0.4, -0.2) is 43.4 Å². The number of benzene rings is 1. The van der Waals surface area contributed by atoms with Crippen LogP contribution in [-0.2, 0) is 6.42 Å². The fourth-order valence-electron chi connectivity index (χ4n) is 2.38. The zero-order chi connectivity index (χ0) is 17.6. The fraction of sp³-hybridized carbons (Fsp3) is 0.438. The minimum absolute atomic E-state index is 0. The van der Waals surface area contributed by atoms with Crippen LogP contribution in [0.4, 0.5) is 5.95 Å². The second-order valence-electron chi connectivity index (χ2n) is 5.80. The first kappa shape index (κ1) is 19.8.